The van der Waals surface area contributed by atoms with Crippen molar-refractivity contribution in [1.82, 2.24) is 14.5 Å². The van der Waals surface area contributed by atoms with Crippen LogP contribution < -0.4 is 0 Å². The van der Waals surface area contributed by atoms with Crippen LogP contribution in [0.5, 0.6) is 0 Å². The van der Waals surface area contributed by atoms with Crippen LogP contribution in [-0.2, 0) is 17.7 Å². The van der Waals surface area contributed by atoms with E-state index in [0.717, 1.165) is 28.9 Å². The van der Waals surface area contributed by atoms with Crippen molar-refractivity contribution < 1.29 is 4.74 Å². The first-order chi connectivity index (χ1) is 15.0. The van der Waals surface area contributed by atoms with Crippen molar-refractivity contribution in [2.75, 3.05) is 7.11 Å². The van der Waals surface area contributed by atoms with Crippen LogP contribution in [0.2, 0.25) is 0 Å². The van der Waals surface area contributed by atoms with Gasteiger partial charge in [0, 0.05) is 25.4 Å². The molecule has 2 aromatic carbocycles. The van der Waals surface area contributed by atoms with Crippen LogP contribution in [0.3, 0.4) is 0 Å². The Morgan fingerprint density at radius 3 is 2.42 bits per heavy atom. The monoisotopic (exact) mass is 411 g/mol. The van der Waals surface area contributed by atoms with Gasteiger partial charge in [0.2, 0.25) is 0 Å². The van der Waals surface area contributed by atoms with Crippen molar-refractivity contribution in [2.45, 2.75) is 39.8 Å². The fraction of sp³-hybridized carbons (Fsp3) is 0.259. The van der Waals surface area contributed by atoms with Crippen LogP contribution in [0.1, 0.15) is 50.9 Å². The number of rotatable bonds is 7. The maximum absolute atomic E-state index is 5.86. The number of ether oxygens (including phenoxy) is 1. The Hall–Kier alpha value is -3.24. The number of imidazole rings is 1. The standard InChI is InChI=1S/C27H29N3O/c1-19-8-10-22(11-9-19)14-25-21(3)13-23(15-29-25)17-30-18-28-16-26(30)27(31-4)24-7-5-6-20(2)12-24/h5-13,15-16,18,27H,14,17H2,1-4H3. The summed E-state index contributed by atoms with van der Waals surface area (Å²) in [6.45, 7) is 7.05. The Labute approximate surface area is 184 Å². The van der Waals surface area contributed by atoms with Crippen molar-refractivity contribution in [1.29, 1.82) is 0 Å². The summed E-state index contributed by atoms with van der Waals surface area (Å²) >= 11 is 0. The molecular formula is C27H29N3O. The van der Waals surface area contributed by atoms with Gasteiger partial charge in [-0.15, -0.1) is 0 Å². The third-order valence-corrected chi connectivity index (χ3v) is 5.68. The maximum Gasteiger partial charge on any atom is 0.124 e. The zero-order valence-electron chi connectivity index (χ0n) is 18.7. The van der Waals surface area contributed by atoms with Gasteiger partial charge in [-0.2, -0.15) is 0 Å². The average molecular weight is 412 g/mol. The molecule has 31 heavy (non-hydrogen) atoms. The highest BCUT2D eigenvalue weighted by Gasteiger charge is 2.18. The van der Waals surface area contributed by atoms with Gasteiger partial charge in [0.05, 0.1) is 24.8 Å². The summed E-state index contributed by atoms with van der Waals surface area (Å²) in [4.78, 5) is 9.18. The highest BCUT2D eigenvalue weighted by molar-refractivity contribution is 5.32. The molecule has 1 atom stereocenters. The molecule has 1 unspecified atom stereocenters. The van der Waals surface area contributed by atoms with Crippen LogP contribution in [0.25, 0.3) is 0 Å². The third-order valence-electron chi connectivity index (χ3n) is 5.68. The summed E-state index contributed by atoms with van der Waals surface area (Å²) in [6, 6.07) is 19.3. The Morgan fingerprint density at radius 1 is 0.903 bits per heavy atom. The van der Waals surface area contributed by atoms with E-state index in [4.69, 9.17) is 9.72 Å². The summed E-state index contributed by atoms with van der Waals surface area (Å²) in [5.41, 5.74) is 9.43. The topological polar surface area (TPSA) is 39.9 Å². The molecule has 0 aliphatic rings. The van der Waals surface area contributed by atoms with E-state index in [-0.39, 0.29) is 6.10 Å². The first-order valence-corrected chi connectivity index (χ1v) is 10.6. The lowest BCUT2D eigenvalue weighted by Gasteiger charge is -2.19. The molecule has 4 rings (SSSR count). The number of benzene rings is 2. The van der Waals surface area contributed by atoms with Crippen LogP contribution in [0, 0.1) is 20.8 Å². The number of methoxy groups -OCH3 is 1. The zero-order valence-corrected chi connectivity index (χ0v) is 18.7. The van der Waals surface area contributed by atoms with Gasteiger partial charge in [0.25, 0.3) is 0 Å². The van der Waals surface area contributed by atoms with E-state index in [0.29, 0.717) is 6.54 Å². The quantitative estimate of drug-likeness (QED) is 0.399. The molecular weight excluding hydrogens is 382 g/mol. The highest BCUT2D eigenvalue weighted by atomic mass is 16.5. The SMILES string of the molecule is COC(c1cccc(C)c1)c1cncn1Cc1cnc(Cc2ccc(C)cc2)c(C)c1. The lowest BCUT2D eigenvalue weighted by Crippen LogP contribution is -2.12. The molecule has 4 aromatic rings. The first kappa shape index (κ1) is 21.0. The van der Waals surface area contributed by atoms with Crippen molar-refractivity contribution in [3.05, 3.63) is 118 Å². The summed E-state index contributed by atoms with van der Waals surface area (Å²) in [7, 11) is 1.75. The lowest BCUT2D eigenvalue weighted by atomic mass is 10.0. The van der Waals surface area contributed by atoms with Crippen LogP contribution in [0.15, 0.2) is 73.3 Å². The van der Waals surface area contributed by atoms with Gasteiger partial charge < -0.3 is 9.30 Å². The van der Waals surface area contributed by atoms with E-state index in [1.165, 1.54) is 22.3 Å². The van der Waals surface area contributed by atoms with Crippen molar-refractivity contribution in [3.8, 4) is 0 Å². The van der Waals surface area contributed by atoms with E-state index < -0.39 is 0 Å². The van der Waals surface area contributed by atoms with Gasteiger partial charge in [-0.1, -0.05) is 65.7 Å². The number of pyridine rings is 1. The molecule has 0 spiro atoms. The molecule has 0 bridgehead atoms. The molecule has 0 fully saturated rings. The second kappa shape index (κ2) is 9.27. The molecule has 0 aliphatic carbocycles. The molecule has 0 aliphatic heterocycles. The highest BCUT2D eigenvalue weighted by Crippen LogP contribution is 2.26. The summed E-state index contributed by atoms with van der Waals surface area (Å²) in [5.74, 6) is 0. The Bertz CT molecular complexity index is 1160. The smallest absolute Gasteiger partial charge is 0.124 e. The Kier molecular flexibility index (Phi) is 6.28. The van der Waals surface area contributed by atoms with E-state index in [2.05, 4.69) is 84.9 Å². The van der Waals surface area contributed by atoms with E-state index >= 15 is 0 Å². The van der Waals surface area contributed by atoms with Crippen molar-refractivity contribution >= 4 is 0 Å². The minimum Gasteiger partial charge on any atom is -0.370 e. The average Bonchev–Trinajstić information content (AvgIpc) is 3.20. The third kappa shape index (κ3) is 4.92. The lowest BCUT2D eigenvalue weighted by molar-refractivity contribution is 0.130. The molecule has 0 N–H and O–H groups in total. The number of hydrogen-bond donors (Lipinski definition) is 0. The summed E-state index contributed by atoms with van der Waals surface area (Å²) in [6.07, 6.45) is 6.43. The first-order valence-electron chi connectivity index (χ1n) is 10.6. The Morgan fingerprint density at radius 2 is 1.71 bits per heavy atom. The fourth-order valence-electron chi connectivity index (χ4n) is 3.97. The number of aryl methyl sites for hydroxylation is 3. The molecule has 2 heterocycles. The van der Waals surface area contributed by atoms with E-state index in [1.54, 1.807) is 7.11 Å². The predicted octanol–water partition coefficient (Wildman–Crippen LogP) is 5.58. The zero-order chi connectivity index (χ0) is 21.8. The van der Waals surface area contributed by atoms with Crippen LogP contribution in [0.4, 0.5) is 0 Å². The molecule has 0 saturated heterocycles. The fourth-order valence-corrected chi connectivity index (χ4v) is 3.97. The number of nitrogens with zero attached hydrogens (tertiary/aromatic N) is 3. The summed E-state index contributed by atoms with van der Waals surface area (Å²) in [5, 5.41) is 0. The van der Waals surface area contributed by atoms with E-state index in [9.17, 15) is 0 Å². The number of hydrogen-bond acceptors (Lipinski definition) is 3. The van der Waals surface area contributed by atoms with Crippen LogP contribution in [-0.4, -0.2) is 21.6 Å². The van der Waals surface area contributed by atoms with Gasteiger partial charge in [-0.3, -0.25) is 4.98 Å². The minimum absolute atomic E-state index is 0.155. The Balaban J connectivity index is 1.54. The molecule has 158 valence electrons. The predicted molar refractivity (Wildman–Crippen MR) is 124 cm³/mol. The van der Waals surface area contributed by atoms with Gasteiger partial charge in [-0.05, 0) is 43.0 Å². The molecule has 4 nitrogen and oxygen atoms in total. The summed E-state index contributed by atoms with van der Waals surface area (Å²) < 4.78 is 8.00. The molecule has 4 heteroatoms. The normalized spacial score (nSPS) is 12.1. The molecule has 0 radical (unpaired) electrons. The van der Waals surface area contributed by atoms with Gasteiger partial charge in [0.1, 0.15) is 6.10 Å². The second-order valence-electron chi connectivity index (χ2n) is 8.25. The van der Waals surface area contributed by atoms with Crippen LogP contribution >= 0.6 is 0 Å². The van der Waals surface area contributed by atoms with Gasteiger partial charge in [-0.25, -0.2) is 4.98 Å². The largest absolute Gasteiger partial charge is 0.370 e. The maximum atomic E-state index is 5.86. The van der Waals surface area contributed by atoms with Gasteiger partial charge >= 0.3 is 0 Å². The second-order valence-corrected chi connectivity index (χ2v) is 8.25. The van der Waals surface area contributed by atoms with Gasteiger partial charge in [0.15, 0.2) is 0 Å². The molecule has 0 amide bonds. The minimum atomic E-state index is -0.155. The molecule has 2 aromatic heterocycles. The van der Waals surface area contributed by atoms with Crippen molar-refractivity contribution in [3.63, 3.8) is 0 Å². The van der Waals surface area contributed by atoms with Crippen molar-refractivity contribution in [2.24, 2.45) is 0 Å². The molecule has 0 saturated carbocycles. The van der Waals surface area contributed by atoms with E-state index in [1.807, 2.05) is 18.7 Å². The number of aromatic nitrogens is 3.